The van der Waals surface area contributed by atoms with Gasteiger partial charge >= 0.3 is 0 Å². The number of Topliss-reactive ketones (excluding diaryl/α,β-unsaturated/α-hetero) is 1. The summed E-state index contributed by atoms with van der Waals surface area (Å²) >= 11 is 0. The lowest BCUT2D eigenvalue weighted by Crippen LogP contribution is -2.51. The van der Waals surface area contributed by atoms with Crippen molar-refractivity contribution >= 4 is 28.1 Å². The maximum absolute atomic E-state index is 15.2. The van der Waals surface area contributed by atoms with Crippen LogP contribution in [0.5, 0.6) is 34.5 Å². The van der Waals surface area contributed by atoms with Gasteiger partial charge < -0.3 is 50.4 Å². The fourth-order valence-electron chi connectivity index (χ4n) is 9.72. The number of phenols is 4. The van der Waals surface area contributed by atoms with Crippen molar-refractivity contribution in [1.82, 2.24) is 9.97 Å². The fourth-order valence-corrected chi connectivity index (χ4v) is 9.72. The van der Waals surface area contributed by atoms with Gasteiger partial charge in [-0.2, -0.15) is 11.9 Å². The summed E-state index contributed by atoms with van der Waals surface area (Å²) in [4.78, 5) is 24.4. The van der Waals surface area contributed by atoms with Crippen LogP contribution >= 0.6 is 0 Å². The first kappa shape index (κ1) is 40.5. The Morgan fingerprint density at radius 1 is 0.983 bits per heavy atom. The number of methoxy groups -OCH3 is 1. The van der Waals surface area contributed by atoms with E-state index in [1.165, 1.54) is 13.2 Å². The van der Waals surface area contributed by atoms with E-state index in [9.17, 15) is 30.6 Å². The number of anilines is 2. The van der Waals surface area contributed by atoms with Crippen LogP contribution in [0, 0.1) is 11.8 Å². The molecule has 8 rings (SSSR count). The van der Waals surface area contributed by atoms with E-state index in [-0.39, 0.29) is 48.0 Å². The minimum absolute atomic E-state index is 0.0143. The van der Waals surface area contributed by atoms with Gasteiger partial charge in [-0.3, -0.25) is 4.79 Å². The number of rotatable bonds is 15. The predicted molar refractivity (Wildman–Crippen MR) is 226 cm³/mol. The number of aliphatic hydroxyl groups excluding tert-OH is 2. The standard InChI is InChI=1S/C48H50N3O9/c1-59-43-23-28(22-42(57)46(43)58)6-13-39(54)45(40(55)14-9-29-10-15-41(56)47-36(29)5-3-21-60-47)48(18-16-38(53)37(48)27-33-4-2-19-49-33)32-17-20-50-44(26-32)51-34-11-7-31-25-35(52)12-8-30(31)24-34/h2,4,7-8,10-12,15,17,19-20,22-26,37-38,40,45,52-53,55-58H,3,5-6,9,13-14,16,18,21,27H2,1H3,(H,50,51)/q-1. The first-order valence-corrected chi connectivity index (χ1v) is 20.5. The third kappa shape index (κ3) is 8.04. The van der Waals surface area contributed by atoms with Crippen LogP contribution in [0.1, 0.15) is 60.1 Å². The smallest absolute Gasteiger partial charge is 0.200 e. The second-order valence-electron chi connectivity index (χ2n) is 16.1. The monoisotopic (exact) mass is 812 g/mol. The Kier molecular flexibility index (Phi) is 11.6. The number of hydrogen-bond donors (Lipinski definition) is 7. The number of pyridine rings is 1. The molecule has 12 heteroatoms. The summed E-state index contributed by atoms with van der Waals surface area (Å²) in [6, 6.07) is 24.9. The molecule has 2 aliphatic rings. The third-order valence-electron chi connectivity index (χ3n) is 12.6. The minimum atomic E-state index is -1.17. The van der Waals surface area contributed by atoms with E-state index < -0.39 is 35.2 Å². The van der Waals surface area contributed by atoms with Gasteiger partial charge in [0.2, 0.25) is 5.75 Å². The molecule has 5 atom stereocenters. The van der Waals surface area contributed by atoms with Crippen molar-refractivity contribution in [1.29, 1.82) is 0 Å². The summed E-state index contributed by atoms with van der Waals surface area (Å²) in [7, 11) is 1.38. The normalized spacial score (nSPS) is 19.6. The molecule has 6 aromatic rings. The Balaban J connectivity index is 1.20. The van der Waals surface area contributed by atoms with Gasteiger partial charge in [0, 0.05) is 29.3 Å². The molecule has 0 radical (unpaired) electrons. The highest BCUT2D eigenvalue weighted by molar-refractivity contribution is 5.87. The highest BCUT2D eigenvalue weighted by atomic mass is 16.5. The van der Waals surface area contributed by atoms with Crippen LogP contribution in [-0.4, -0.2) is 67.3 Å². The average Bonchev–Trinajstić information content (AvgIpc) is 3.89. The van der Waals surface area contributed by atoms with Gasteiger partial charge in [-0.1, -0.05) is 30.3 Å². The molecule has 1 fully saturated rings. The fraction of sp³-hybridized carbons (Fsp3) is 0.333. The number of carbonyl (C=O) groups excluding carboxylic acids is 1. The number of aliphatic hydroxyl groups is 2. The number of aromatic nitrogens is 2. The van der Waals surface area contributed by atoms with Crippen molar-refractivity contribution in [3.63, 3.8) is 0 Å². The Bertz CT molecular complexity index is 2490. The summed E-state index contributed by atoms with van der Waals surface area (Å²) in [5.41, 5.74) is 3.59. The number of ketones is 1. The Morgan fingerprint density at radius 2 is 1.82 bits per heavy atom. The maximum atomic E-state index is 15.2. The van der Waals surface area contributed by atoms with Gasteiger partial charge in [-0.15, -0.1) is 0 Å². The van der Waals surface area contributed by atoms with E-state index in [0.717, 1.165) is 51.7 Å². The molecule has 12 nitrogen and oxygen atoms in total. The minimum Gasteiger partial charge on any atom is -0.668 e. The second kappa shape index (κ2) is 17.2. The molecular weight excluding hydrogens is 763 g/mol. The van der Waals surface area contributed by atoms with E-state index in [0.29, 0.717) is 49.4 Å². The van der Waals surface area contributed by atoms with Gasteiger partial charge in [0.25, 0.3) is 0 Å². The molecule has 1 aliphatic carbocycles. The van der Waals surface area contributed by atoms with Crippen molar-refractivity contribution in [2.45, 2.75) is 75.4 Å². The Hall–Kier alpha value is -6.24. The summed E-state index contributed by atoms with van der Waals surface area (Å²) in [6.45, 7) is 0.507. The number of fused-ring (bicyclic) bond motifs is 2. The number of hydrogen-bond acceptors (Lipinski definition) is 11. The molecular formula is C48H50N3O9-. The SMILES string of the molecule is COc1cc(CCC(=O)C(C(O)CCc2ccc(O)c3c2CCCO3)C2(c3ccnc(Nc4ccc5cc(O)ccc5c4)c3)CCC(O)C2Cc2ccc[n-]2)cc(O)c1O. The van der Waals surface area contributed by atoms with Crippen LogP contribution in [0.2, 0.25) is 0 Å². The summed E-state index contributed by atoms with van der Waals surface area (Å²) in [6.07, 6.45) is 4.86. The van der Waals surface area contributed by atoms with Crippen LogP contribution in [0.3, 0.4) is 0 Å². The van der Waals surface area contributed by atoms with Gasteiger partial charge in [-0.05, 0) is 139 Å². The molecule has 4 aromatic carbocycles. The van der Waals surface area contributed by atoms with E-state index >= 15 is 4.79 Å². The Labute approximate surface area is 348 Å². The van der Waals surface area contributed by atoms with Crippen LogP contribution in [-0.2, 0) is 35.9 Å². The zero-order valence-corrected chi connectivity index (χ0v) is 33.4. The van der Waals surface area contributed by atoms with E-state index in [1.807, 2.05) is 54.6 Å². The first-order valence-electron chi connectivity index (χ1n) is 20.5. The van der Waals surface area contributed by atoms with Crippen molar-refractivity contribution in [3.05, 3.63) is 125 Å². The number of aromatic hydroxyl groups is 4. The first-order chi connectivity index (χ1) is 29.0. The van der Waals surface area contributed by atoms with Gasteiger partial charge in [0.05, 0.1) is 31.8 Å². The third-order valence-corrected chi connectivity index (χ3v) is 12.6. The van der Waals surface area contributed by atoms with Gasteiger partial charge in [0.15, 0.2) is 23.0 Å². The van der Waals surface area contributed by atoms with Crippen molar-refractivity contribution in [2.75, 3.05) is 19.0 Å². The number of carbonyl (C=O) groups is 1. The van der Waals surface area contributed by atoms with Crippen LogP contribution < -0.4 is 19.8 Å². The summed E-state index contributed by atoms with van der Waals surface area (Å²) < 4.78 is 11.1. The largest absolute Gasteiger partial charge is 0.668 e. The van der Waals surface area contributed by atoms with Crippen LogP contribution in [0.15, 0.2) is 97.3 Å². The maximum Gasteiger partial charge on any atom is 0.200 e. The Morgan fingerprint density at radius 3 is 2.63 bits per heavy atom. The van der Waals surface area contributed by atoms with E-state index in [1.54, 1.807) is 36.7 Å². The van der Waals surface area contributed by atoms with Gasteiger partial charge in [0.1, 0.15) is 17.4 Å². The summed E-state index contributed by atoms with van der Waals surface area (Å²) in [5, 5.41) is 71.1. The zero-order chi connectivity index (χ0) is 42.0. The van der Waals surface area contributed by atoms with Crippen molar-refractivity contribution in [3.8, 4) is 34.5 Å². The number of nitrogens with one attached hydrogen (secondary N) is 1. The molecule has 3 heterocycles. The topological polar surface area (TPSA) is 196 Å². The molecule has 0 amide bonds. The second-order valence-corrected chi connectivity index (χ2v) is 16.1. The lowest BCUT2D eigenvalue weighted by atomic mass is 9.58. The van der Waals surface area contributed by atoms with Crippen molar-refractivity contribution < 1.29 is 44.9 Å². The van der Waals surface area contributed by atoms with Crippen LogP contribution in [0.25, 0.3) is 10.8 Å². The molecule has 2 aromatic heterocycles. The molecule has 1 saturated carbocycles. The molecule has 1 aliphatic heterocycles. The predicted octanol–water partition coefficient (Wildman–Crippen LogP) is 7.15. The molecule has 0 spiro atoms. The molecule has 0 bridgehead atoms. The van der Waals surface area contributed by atoms with E-state index in [4.69, 9.17) is 9.47 Å². The molecule has 5 unspecified atom stereocenters. The molecule has 312 valence electrons. The highest BCUT2D eigenvalue weighted by Crippen LogP contribution is 2.54. The number of ether oxygens (including phenoxy) is 2. The number of nitrogens with zero attached hydrogens (tertiary/aromatic N) is 2. The van der Waals surface area contributed by atoms with Crippen LogP contribution in [0.4, 0.5) is 11.5 Å². The molecule has 0 saturated heterocycles. The number of phenolic OH excluding ortho intramolecular Hbond substituents is 4. The molecule has 7 N–H and O–H groups in total. The average molecular weight is 813 g/mol. The number of benzene rings is 4. The lowest BCUT2D eigenvalue weighted by Gasteiger charge is -2.45. The van der Waals surface area contributed by atoms with E-state index in [2.05, 4.69) is 15.3 Å². The quantitative estimate of drug-likeness (QED) is 0.0518. The van der Waals surface area contributed by atoms with Gasteiger partial charge in [-0.25, -0.2) is 4.98 Å². The summed E-state index contributed by atoms with van der Waals surface area (Å²) in [5.74, 6) is -1.19. The molecule has 60 heavy (non-hydrogen) atoms. The lowest BCUT2D eigenvalue weighted by molar-refractivity contribution is -0.132. The number of aryl methyl sites for hydroxylation is 2. The zero-order valence-electron chi connectivity index (χ0n) is 33.4. The highest BCUT2D eigenvalue weighted by Gasteiger charge is 2.57. The van der Waals surface area contributed by atoms with Crippen molar-refractivity contribution in [2.24, 2.45) is 11.8 Å².